The number of carbonyl (C=O) groups is 1. The summed E-state index contributed by atoms with van der Waals surface area (Å²) < 4.78 is 0. The van der Waals surface area contributed by atoms with Gasteiger partial charge in [0.05, 0.1) is 5.69 Å². The summed E-state index contributed by atoms with van der Waals surface area (Å²) in [7, 11) is 0. The molecule has 6 heteroatoms. The number of anilines is 1. The van der Waals surface area contributed by atoms with Gasteiger partial charge < -0.3 is 10.5 Å². The quantitative estimate of drug-likeness (QED) is 0.390. The first-order valence-corrected chi connectivity index (χ1v) is 7.00. The van der Waals surface area contributed by atoms with Gasteiger partial charge in [-0.05, 0) is 18.2 Å². The largest absolute Gasteiger partial charge is 0.410 e. The van der Waals surface area contributed by atoms with Crippen molar-refractivity contribution in [2.24, 2.45) is 5.16 Å². The van der Waals surface area contributed by atoms with E-state index in [9.17, 15) is 10.0 Å². The summed E-state index contributed by atoms with van der Waals surface area (Å²) in [5, 5.41) is 15.8. The number of hydrogen-bond acceptors (Lipinski definition) is 3. The number of oxime groups is 1. The van der Waals surface area contributed by atoms with Crippen molar-refractivity contribution >= 4 is 40.5 Å². The maximum absolute atomic E-state index is 11.5. The third-order valence-corrected chi connectivity index (χ3v) is 3.26. The number of amides is 1. The number of carbonyl (C=O) groups excluding carboxylic acids is 1. The zero-order chi connectivity index (χ0) is 15.2. The van der Waals surface area contributed by atoms with Crippen LogP contribution < -0.4 is 5.32 Å². The molecule has 0 radical (unpaired) electrons. The monoisotopic (exact) mass is 322 g/mol. The Balaban J connectivity index is 2.50. The minimum absolute atomic E-state index is 0.168. The molecule has 0 aromatic heterocycles. The minimum atomic E-state index is -0.356. The van der Waals surface area contributed by atoms with Crippen LogP contribution in [0, 0.1) is 0 Å². The van der Waals surface area contributed by atoms with Crippen molar-refractivity contribution in [1.29, 1.82) is 0 Å². The third-order valence-electron chi connectivity index (χ3n) is 2.78. The second-order valence-corrected chi connectivity index (χ2v) is 4.89. The molecule has 0 spiro atoms. The highest BCUT2D eigenvalue weighted by molar-refractivity contribution is 6.32. The molecular weight excluding hydrogens is 311 g/mol. The Morgan fingerprint density at radius 1 is 1.19 bits per heavy atom. The van der Waals surface area contributed by atoms with E-state index in [1.807, 2.05) is 18.2 Å². The number of benzene rings is 2. The van der Waals surface area contributed by atoms with Crippen LogP contribution in [0.3, 0.4) is 0 Å². The average molecular weight is 323 g/mol. The van der Waals surface area contributed by atoms with Gasteiger partial charge in [0.25, 0.3) is 0 Å². The molecule has 2 rings (SSSR count). The predicted octanol–water partition coefficient (Wildman–Crippen LogP) is 3.74. The van der Waals surface area contributed by atoms with Crippen molar-refractivity contribution < 1.29 is 10.0 Å². The van der Waals surface area contributed by atoms with Crippen LogP contribution in [0.15, 0.2) is 53.7 Å². The van der Waals surface area contributed by atoms with Gasteiger partial charge in [-0.15, -0.1) is 11.6 Å². The minimum Gasteiger partial charge on any atom is -0.410 e. The molecule has 0 unspecified atom stereocenters. The number of alkyl halides is 1. The molecule has 0 aliphatic heterocycles. The lowest BCUT2D eigenvalue weighted by Crippen LogP contribution is -2.16. The topological polar surface area (TPSA) is 61.7 Å². The predicted molar refractivity (Wildman–Crippen MR) is 84.7 cm³/mol. The molecule has 0 saturated heterocycles. The molecule has 2 aromatic rings. The zero-order valence-electron chi connectivity index (χ0n) is 10.9. The summed E-state index contributed by atoms with van der Waals surface area (Å²) in [6.07, 6.45) is 0. The molecule has 108 valence electrons. The maximum Gasteiger partial charge on any atom is 0.239 e. The lowest BCUT2D eigenvalue weighted by molar-refractivity contribution is -0.113. The maximum atomic E-state index is 11.5. The fourth-order valence-corrected chi connectivity index (χ4v) is 2.11. The standard InChI is InChI=1S/C15H12Cl2N2O2/c16-9-14(20)18-13-7-6-11(17)8-12(13)15(19-21)10-4-2-1-3-5-10/h1-8,21H,9H2,(H,18,20). The van der Waals surface area contributed by atoms with E-state index in [4.69, 9.17) is 23.2 Å². The Kier molecular flexibility index (Phi) is 5.20. The zero-order valence-corrected chi connectivity index (χ0v) is 12.4. The first-order valence-electron chi connectivity index (χ1n) is 6.09. The molecule has 1 amide bonds. The SMILES string of the molecule is O=C(CCl)Nc1ccc(Cl)cc1C(=NO)c1ccccc1. The molecule has 0 atom stereocenters. The van der Waals surface area contributed by atoms with E-state index < -0.39 is 0 Å². The molecule has 2 aromatic carbocycles. The highest BCUT2D eigenvalue weighted by Crippen LogP contribution is 2.24. The van der Waals surface area contributed by atoms with Gasteiger partial charge in [0.15, 0.2) is 0 Å². The van der Waals surface area contributed by atoms with Crippen LogP contribution >= 0.6 is 23.2 Å². The molecule has 0 heterocycles. The normalized spacial score (nSPS) is 11.2. The van der Waals surface area contributed by atoms with Gasteiger partial charge in [0.1, 0.15) is 11.6 Å². The number of nitrogens with one attached hydrogen (secondary N) is 1. The first-order chi connectivity index (χ1) is 10.2. The Labute approximate surface area is 132 Å². The van der Waals surface area contributed by atoms with Crippen molar-refractivity contribution in [3.05, 3.63) is 64.7 Å². The van der Waals surface area contributed by atoms with Crippen LogP contribution in [0.4, 0.5) is 5.69 Å². The van der Waals surface area contributed by atoms with E-state index in [2.05, 4.69) is 10.5 Å². The van der Waals surface area contributed by atoms with Crippen LogP contribution in [0.5, 0.6) is 0 Å². The van der Waals surface area contributed by atoms with Crippen LogP contribution in [-0.2, 0) is 4.79 Å². The molecule has 21 heavy (non-hydrogen) atoms. The van der Waals surface area contributed by atoms with Crippen molar-refractivity contribution in [1.82, 2.24) is 0 Å². The Morgan fingerprint density at radius 3 is 2.52 bits per heavy atom. The Bertz CT molecular complexity index is 673. The van der Waals surface area contributed by atoms with Crippen molar-refractivity contribution in [3.63, 3.8) is 0 Å². The van der Waals surface area contributed by atoms with Crippen LogP contribution in [0.1, 0.15) is 11.1 Å². The van der Waals surface area contributed by atoms with Crippen molar-refractivity contribution in [2.75, 3.05) is 11.2 Å². The molecular formula is C15H12Cl2N2O2. The molecule has 0 aliphatic carbocycles. The average Bonchev–Trinajstić information content (AvgIpc) is 2.51. The number of nitrogens with zero attached hydrogens (tertiary/aromatic N) is 1. The fraction of sp³-hybridized carbons (Fsp3) is 0.0667. The highest BCUT2D eigenvalue weighted by atomic mass is 35.5. The van der Waals surface area contributed by atoms with Gasteiger partial charge in [0.2, 0.25) is 5.91 Å². The molecule has 0 aliphatic rings. The summed E-state index contributed by atoms with van der Waals surface area (Å²) in [6, 6.07) is 14.0. The lowest BCUT2D eigenvalue weighted by Gasteiger charge is -2.12. The van der Waals surface area contributed by atoms with Gasteiger partial charge >= 0.3 is 0 Å². The number of rotatable bonds is 4. The molecule has 4 nitrogen and oxygen atoms in total. The number of hydrogen-bond donors (Lipinski definition) is 2. The van der Waals surface area contributed by atoms with Crippen LogP contribution in [-0.4, -0.2) is 22.7 Å². The first kappa shape index (κ1) is 15.4. The van der Waals surface area contributed by atoms with E-state index in [0.29, 0.717) is 27.5 Å². The van der Waals surface area contributed by atoms with Crippen LogP contribution in [0.25, 0.3) is 0 Å². The van der Waals surface area contributed by atoms with Gasteiger partial charge in [-0.2, -0.15) is 0 Å². The molecule has 0 fully saturated rings. The van der Waals surface area contributed by atoms with Crippen molar-refractivity contribution in [3.8, 4) is 0 Å². The van der Waals surface area contributed by atoms with Gasteiger partial charge in [-0.1, -0.05) is 47.1 Å². The van der Waals surface area contributed by atoms with E-state index in [0.717, 1.165) is 0 Å². The second kappa shape index (κ2) is 7.11. The van der Waals surface area contributed by atoms with E-state index in [1.54, 1.807) is 30.3 Å². The second-order valence-electron chi connectivity index (χ2n) is 4.19. The van der Waals surface area contributed by atoms with E-state index in [-0.39, 0.29) is 11.8 Å². The smallest absolute Gasteiger partial charge is 0.239 e. The van der Waals surface area contributed by atoms with Crippen molar-refractivity contribution in [2.45, 2.75) is 0 Å². The summed E-state index contributed by atoms with van der Waals surface area (Å²) in [5.41, 5.74) is 1.99. The summed E-state index contributed by atoms with van der Waals surface area (Å²) in [4.78, 5) is 11.5. The lowest BCUT2D eigenvalue weighted by atomic mass is 10.0. The summed E-state index contributed by atoms with van der Waals surface area (Å²) >= 11 is 11.5. The number of halogens is 2. The molecule has 2 N–H and O–H groups in total. The van der Waals surface area contributed by atoms with E-state index in [1.165, 1.54) is 0 Å². The fourth-order valence-electron chi connectivity index (χ4n) is 1.87. The Hall–Kier alpha value is -2.04. The third kappa shape index (κ3) is 3.74. The summed E-state index contributed by atoms with van der Waals surface area (Å²) in [5.74, 6) is -0.524. The summed E-state index contributed by atoms with van der Waals surface area (Å²) in [6.45, 7) is 0. The molecule has 0 saturated carbocycles. The van der Waals surface area contributed by atoms with Gasteiger partial charge in [0, 0.05) is 16.1 Å². The van der Waals surface area contributed by atoms with Crippen LogP contribution in [0.2, 0.25) is 5.02 Å². The molecule has 0 bridgehead atoms. The van der Waals surface area contributed by atoms with Gasteiger partial charge in [-0.3, -0.25) is 4.79 Å². The highest BCUT2D eigenvalue weighted by Gasteiger charge is 2.14. The van der Waals surface area contributed by atoms with Gasteiger partial charge in [-0.25, -0.2) is 0 Å². The Morgan fingerprint density at radius 2 is 1.90 bits per heavy atom. The van der Waals surface area contributed by atoms with E-state index >= 15 is 0 Å².